The van der Waals surface area contributed by atoms with Crippen LogP contribution in [-0.4, -0.2) is 27.5 Å². The molecule has 6 nitrogen and oxygen atoms in total. The summed E-state index contributed by atoms with van der Waals surface area (Å²) in [6.45, 7) is 6.22. The summed E-state index contributed by atoms with van der Waals surface area (Å²) in [5.41, 5.74) is 4.10. The van der Waals surface area contributed by atoms with Crippen molar-refractivity contribution in [2.45, 2.75) is 31.2 Å². The summed E-state index contributed by atoms with van der Waals surface area (Å²) in [5, 5.41) is 3.38. The lowest BCUT2D eigenvalue weighted by atomic mass is 10.1. The summed E-state index contributed by atoms with van der Waals surface area (Å²) in [5.74, 6) is 1.23. The van der Waals surface area contributed by atoms with E-state index in [0.29, 0.717) is 17.2 Å². The van der Waals surface area contributed by atoms with Gasteiger partial charge in [0.15, 0.2) is 16.7 Å². The largest absolute Gasteiger partial charge is 0.454 e. The predicted molar refractivity (Wildman–Crippen MR) is 110 cm³/mol. The standard InChI is InChI=1S/C21H21N3O3S/c1-13-8-14(2)10-17(9-13)24-7-6-22-21(24)28-15(3)20(25)23-16-4-5-18-19(11-16)27-12-26-18/h4-11,15H,12H2,1-3H3,(H,23,25). The van der Waals surface area contributed by atoms with E-state index in [4.69, 9.17) is 9.47 Å². The fourth-order valence-electron chi connectivity index (χ4n) is 3.09. The Kier molecular flexibility index (Phi) is 5.00. The van der Waals surface area contributed by atoms with Gasteiger partial charge in [-0.05, 0) is 56.2 Å². The molecule has 1 aliphatic rings. The molecule has 0 saturated carbocycles. The molecule has 2 heterocycles. The number of carbonyl (C=O) groups is 1. The second kappa shape index (κ2) is 7.59. The first-order valence-electron chi connectivity index (χ1n) is 8.99. The van der Waals surface area contributed by atoms with Crippen LogP contribution in [0.3, 0.4) is 0 Å². The molecule has 0 spiro atoms. The van der Waals surface area contributed by atoms with Crippen LogP contribution in [0.15, 0.2) is 53.9 Å². The van der Waals surface area contributed by atoms with Crippen LogP contribution in [0, 0.1) is 13.8 Å². The molecule has 1 N–H and O–H groups in total. The topological polar surface area (TPSA) is 65.4 Å². The molecule has 28 heavy (non-hydrogen) atoms. The summed E-state index contributed by atoms with van der Waals surface area (Å²) in [4.78, 5) is 17.1. The molecule has 0 radical (unpaired) electrons. The van der Waals surface area contributed by atoms with Gasteiger partial charge in [-0.15, -0.1) is 0 Å². The van der Waals surface area contributed by atoms with Gasteiger partial charge in [0.1, 0.15) is 0 Å². The third-order valence-electron chi connectivity index (χ3n) is 4.38. The van der Waals surface area contributed by atoms with Gasteiger partial charge in [0, 0.05) is 29.8 Å². The summed E-state index contributed by atoms with van der Waals surface area (Å²) >= 11 is 1.42. The minimum absolute atomic E-state index is 0.0983. The van der Waals surface area contributed by atoms with Gasteiger partial charge in [0.05, 0.1) is 5.25 Å². The molecule has 1 aromatic heterocycles. The number of benzene rings is 2. The number of aromatic nitrogens is 2. The Bertz CT molecular complexity index is 1010. The van der Waals surface area contributed by atoms with Crippen LogP contribution in [-0.2, 0) is 4.79 Å². The molecule has 0 fully saturated rings. The molecule has 1 unspecified atom stereocenters. The van der Waals surface area contributed by atoms with E-state index in [2.05, 4.69) is 42.3 Å². The SMILES string of the molecule is Cc1cc(C)cc(-n2ccnc2SC(C)C(=O)Nc2ccc3c(c2)OCO3)c1. The summed E-state index contributed by atoms with van der Waals surface area (Å²) in [6, 6.07) is 11.7. The Morgan fingerprint density at radius 2 is 1.89 bits per heavy atom. The molecule has 0 aliphatic carbocycles. The van der Waals surface area contributed by atoms with Crippen LogP contribution >= 0.6 is 11.8 Å². The number of anilines is 1. The Labute approximate surface area is 167 Å². The smallest absolute Gasteiger partial charge is 0.237 e. The van der Waals surface area contributed by atoms with E-state index in [9.17, 15) is 4.79 Å². The number of nitrogens with one attached hydrogen (secondary N) is 1. The zero-order valence-corrected chi connectivity index (χ0v) is 16.7. The maximum Gasteiger partial charge on any atom is 0.237 e. The van der Waals surface area contributed by atoms with E-state index in [-0.39, 0.29) is 18.0 Å². The van der Waals surface area contributed by atoms with Gasteiger partial charge in [-0.3, -0.25) is 9.36 Å². The van der Waals surface area contributed by atoms with Crippen molar-refractivity contribution in [3.05, 3.63) is 59.9 Å². The zero-order valence-electron chi connectivity index (χ0n) is 15.9. The van der Waals surface area contributed by atoms with Crippen LogP contribution in [0.25, 0.3) is 5.69 Å². The van der Waals surface area contributed by atoms with Crippen molar-refractivity contribution in [1.29, 1.82) is 0 Å². The highest BCUT2D eigenvalue weighted by atomic mass is 32.2. The number of carbonyl (C=O) groups excluding carboxylic acids is 1. The third kappa shape index (κ3) is 3.84. The third-order valence-corrected chi connectivity index (χ3v) is 5.46. The Morgan fingerprint density at radius 1 is 1.14 bits per heavy atom. The van der Waals surface area contributed by atoms with E-state index in [1.165, 1.54) is 22.9 Å². The van der Waals surface area contributed by atoms with Crippen LogP contribution in [0.1, 0.15) is 18.1 Å². The maximum absolute atomic E-state index is 12.7. The summed E-state index contributed by atoms with van der Waals surface area (Å²) < 4.78 is 12.7. The molecule has 3 aromatic rings. The number of ether oxygens (including phenoxy) is 2. The van der Waals surface area contributed by atoms with Crippen LogP contribution in [0.4, 0.5) is 5.69 Å². The number of thioether (sulfide) groups is 1. The average Bonchev–Trinajstić information content (AvgIpc) is 3.29. The minimum atomic E-state index is -0.322. The molecule has 4 rings (SSSR count). The number of imidazole rings is 1. The molecule has 0 saturated heterocycles. The molecule has 144 valence electrons. The monoisotopic (exact) mass is 395 g/mol. The normalized spacial score (nSPS) is 13.4. The quantitative estimate of drug-likeness (QED) is 0.651. The van der Waals surface area contributed by atoms with Gasteiger partial charge in [0.2, 0.25) is 12.7 Å². The molecule has 2 aromatic carbocycles. The van der Waals surface area contributed by atoms with Gasteiger partial charge >= 0.3 is 0 Å². The number of hydrogen-bond donors (Lipinski definition) is 1. The van der Waals surface area contributed by atoms with Crippen molar-refractivity contribution in [2.24, 2.45) is 0 Å². The van der Waals surface area contributed by atoms with Crippen molar-refractivity contribution in [3.63, 3.8) is 0 Å². The Balaban J connectivity index is 1.47. The van der Waals surface area contributed by atoms with Gasteiger partial charge < -0.3 is 14.8 Å². The van der Waals surface area contributed by atoms with E-state index < -0.39 is 0 Å². The second-order valence-corrected chi connectivity index (χ2v) is 8.05. The Morgan fingerprint density at radius 3 is 2.68 bits per heavy atom. The van der Waals surface area contributed by atoms with E-state index in [1.807, 2.05) is 17.7 Å². The average molecular weight is 395 g/mol. The fourth-order valence-corrected chi connectivity index (χ4v) is 3.98. The molecule has 1 atom stereocenters. The van der Waals surface area contributed by atoms with Crippen molar-refractivity contribution in [2.75, 3.05) is 12.1 Å². The van der Waals surface area contributed by atoms with Crippen molar-refractivity contribution >= 4 is 23.4 Å². The first-order valence-corrected chi connectivity index (χ1v) is 9.87. The number of aryl methyl sites for hydroxylation is 2. The lowest BCUT2D eigenvalue weighted by Gasteiger charge is -2.14. The van der Waals surface area contributed by atoms with E-state index in [1.54, 1.807) is 24.4 Å². The van der Waals surface area contributed by atoms with Crippen LogP contribution in [0.5, 0.6) is 11.5 Å². The van der Waals surface area contributed by atoms with Crippen LogP contribution in [0.2, 0.25) is 0 Å². The van der Waals surface area contributed by atoms with Crippen molar-refractivity contribution < 1.29 is 14.3 Å². The maximum atomic E-state index is 12.7. The van der Waals surface area contributed by atoms with Crippen molar-refractivity contribution in [3.8, 4) is 17.2 Å². The second-order valence-electron chi connectivity index (χ2n) is 6.74. The highest BCUT2D eigenvalue weighted by Gasteiger charge is 2.20. The first-order chi connectivity index (χ1) is 13.5. The number of fused-ring (bicyclic) bond motifs is 1. The molecular weight excluding hydrogens is 374 g/mol. The van der Waals surface area contributed by atoms with Gasteiger partial charge in [-0.1, -0.05) is 17.8 Å². The molecule has 7 heteroatoms. The number of hydrogen-bond acceptors (Lipinski definition) is 5. The van der Waals surface area contributed by atoms with E-state index >= 15 is 0 Å². The summed E-state index contributed by atoms with van der Waals surface area (Å²) in [7, 11) is 0. The van der Waals surface area contributed by atoms with Gasteiger partial charge in [0.25, 0.3) is 0 Å². The predicted octanol–water partition coefficient (Wildman–Crippen LogP) is 4.34. The minimum Gasteiger partial charge on any atom is -0.454 e. The molecular formula is C21H21N3O3S. The number of nitrogens with zero attached hydrogens (tertiary/aromatic N) is 2. The van der Waals surface area contributed by atoms with Crippen LogP contribution < -0.4 is 14.8 Å². The zero-order chi connectivity index (χ0) is 19.7. The first kappa shape index (κ1) is 18.4. The summed E-state index contributed by atoms with van der Waals surface area (Å²) in [6.07, 6.45) is 3.67. The van der Waals surface area contributed by atoms with E-state index in [0.717, 1.165) is 10.8 Å². The fraction of sp³-hybridized carbons (Fsp3) is 0.238. The van der Waals surface area contributed by atoms with Gasteiger partial charge in [-0.2, -0.15) is 0 Å². The molecule has 0 bridgehead atoms. The highest BCUT2D eigenvalue weighted by Crippen LogP contribution is 2.34. The Hall–Kier alpha value is -2.93. The van der Waals surface area contributed by atoms with Gasteiger partial charge in [-0.25, -0.2) is 4.98 Å². The molecule has 1 amide bonds. The van der Waals surface area contributed by atoms with Crippen molar-refractivity contribution in [1.82, 2.24) is 9.55 Å². The number of amides is 1. The molecule has 1 aliphatic heterocycles. The lowest BCUT2D eigenvalue weighted by molar-refractivity contribution is -0.115. The number of rotatable bonds is 5. The highest BCUT2D eigenvalue weighted by molar-refractivity contribution is 8.00. The lowest BCUT2D eigenvalue weighted by Crippen LogP contribution is -2.22.